The summed E-state index contributed by atoms with van der Waals surface area (Å²) in [6.45, 7) is 8.43. The molecule has 2 aromatic heterocycles. The fraction of sp³-hybridized carbons (Fsp3) is 0.150. The predicted molar refractivity (Wildman–Crippen MR) is 191 cm³/mol. The fourth-order valence-corrected chi connectivity index (χ4v) is 12.7. The normalized spacial score (nSPS) is 17.0. The van der Waals surface area contributed by atoms with Crippen LogP contribution in [0.3, 0.4) is 0 Å². The summed E-state index contributed by atoms with van der Waals surface area (Å²) < 4.78 is 13.2. The van der Waals surface area contributed by atoms with Crippen molar-refractivity contribution < 1.29 is 9.31 Å². The van der Waals surface area contributed by atoms with Gasteiger partial charge in [-0.3, -0.25) is 9.97 Å². The molecule has 2 aliphatic rings. The van der Waals surface area contributed by atoms with Gasteiger partial charge in [-0.05, 0) is 77.2 Å². The molecule has 4 nitrogen and oxygen atoms in total. The second kappa shape index (κ2) is 10.7. The number of nitrogens with zero attached hydrogens (tertiary/aromatic N) is 2. The maximum atomic E-state index is 6.60. The van der Waals surface area contributed by atoms with Crippen LogP contribution >= 0.6 is 0 Å². The van der Waals surface area contributed by atoms with E-state index >= 15 is 0 Å². The molecule has 4 aromatic carbocycles. The highest BCUT2D eigenvalue weighted by Crippen LogP contribution is 2.38. The first kappa shape index (κ1) is 28.8. The molecule has 0 aliphatic carbocycles. The van der Waals surface area contributed by atoms with Gasteiger partial charge < -0.3 is 9.31 Å². The second-order valence-electron chi connectivity index (χ2n) is 13.2. The highest BCUT2D eigenvalue weighted by molar-refractivity contribution is 7.23. The molecule has 0 bridgehead atoms. The van der Waals surface area contributed by atoms with E-state index in [0.717, 1.165) is 28.0 Å². The van der Waals surface area contributed by atoms with Gasteiger partial charge in [-0.1, -0.05) is 115 Å². The lowest BCUT2D eigenvalue weighted by Crippen LogP contribution is -2.74. The van der Waals surface area contributed by atoms with Gasteiger partial charge in [-0.15, -0.1) is 0 Å². The van der Waals surface area contributed by atoms with Crippen molar-refractivity contribution in [2.24, 2.45) is 0 Å². The first-order chi connectivity index (χ1) is 22.3. The molecule has 0 amide bonds. The first-order valence-corrected chi connectivity index (χ1v) is 17.9. The van der Waals surface area contributed by atoms with Gasteiger partial charge in [0.15, 0.2) is 8.07 Å². The van der Waals surface area contributed by atoms with E-state index in [2.05, 4.69) is 155 Å². The van der Waals surface area contributed by atoms with Crippen LogP contribution in [0.2, 0.25) is 0 Å². The van der Waals surface area contributed by atoms with Gasteiger partial charge in [-0.25, -0.2) is 0 Å². The molecule has 0 spiro atoms. The smallest absolute Gasteiger partial charge is 0.399 e. The molecule has 6 heteroatoms. The van der Waals surface area contributed by atoms with E-state index < -0.39 is 26.4 Å². The zero-order valence-electron chi connectivity index (χ0n) is 26.6. The van der Waals surface area contributed by atoms with Gasteiger partial charge >= 0.3 is 7.12 Å². The summed E-state index contributed by atoms with van der Waals surface area (Å²) in [6.07, 6.45) is 3.92. The molecule has 8 rings (SSSR count). The third kappa shape index (κ3) is 4.28. The zero-order chi connectivity index (χ0) is 31.5. The zero-order valence-corrected chi connectivity index (χ0v) is 27.6. The second-order valence-corrected chi connectivity index (χ2v) is 16.9. The number of benzene rings is 4. The lowest BCUT2D eigenvalue weighted by Gasteiger charge is -2.33. The minimum atomic E-state index is -3.07. The number of hydrogen-bond acceptors (Lipinski definition) is 4. The van der Waals surface area contributed by atoms with E-state index in [-0.39, 0.29) is 0 Å². The molecule has 0 radical (unpaired) electrons. The van der Waals surface area contributed by atoms with Gasteiger partial charge in [-0.2, -0.15) is 0 Å². The molecule has 0 unspecified atom stereocenters. The Balaban J connectivity index is 1.50. The molecule has 4 heterocycles. The van der Waals surface area contributed by atoms with Crippen LogP contribution in [0, 0.1) is 0 Å². The Morgan fingerprint density at radius 1 is 0.522 bits per heavy atom. The van der Waals surface area contributed by atoms with Crippen LogP contribution in [0.5, 0.6) is 0 Å². The summed E-state index contributed by atoms with van der Waals surface area (Å²) in [5, 5.41) is 5.12. The van der Waals surface area contributed by atoms with Crippen molar-refractivity contribution in [1.29, 1.82) is 0 Å². The van der Waals surface area contributed by atoms with Crippen molar-refractivity contribution in [3.8, 4) is 33.6 Å². The van der Waals surface area contributed by atoms with Crippen LogP contribution in [0.4, 0.5) is 0 Å². The fourth-order valence-electron chi connectivity index (χ4n) is 7.22. The minimum Gasteiger partial charge on any atom is -0.399 e. The third-order valence-corrected chi connectivity index (χ3v) is 15.0. The Morgan fingerprint density at radius 2 is 0.978 bits per heavy atom. The van der Waals surface area contributed by atoms with Crippen LogP contribution in [0.15, 0.2) is 140 Å². The number of fused-ring (bicyclic) bond motifs is 3. The highest BCUT2D eigenvalue weighted by atomic mass is 28.3. The first-order valence-electron chi connectivity index (χ1n) is 15.9. The highest BCUT2D eigenvalue weighted by Gasteiger charge is 2.54. The molecule has 1 fully saturated rings. The Hall–Kier alpha value is -4.62. The Bertz CT molecular complexity index is 1960. The summed E-state index contributed by atoms with van der Waals surface area (Å²) in [5.74, 6) is 0. The Morgan fingerprint density at radius 3 is 1.48 bits per heavy atom. The standard InChI is InChI=1S/C40H35BN2O2Si/c1-39(2)40(3,4)45-41(44-39)30-19-14-22-32(27-30)46(31-20-12-7-13-21-31)37-33(23-25-42-35(37)28-15-8-5-9-16-28)34-24-26-43-36(38(34)46)29-17-10-6-11-18-29/h5-27H,1-4H3. The molecular formula is C40H35BN2O2Si. The average molecular weight is 615 g/mol. The Kier molecular flexibility index (Phi) is 6.73. The molecule has 46 heavy (non-hydrogen) atoms. The monoisotopic (exact) mass is 614 g/mol. The topological polar surface area (TPSA) is 44.2 Å². The largest absolute Gasteiger partial charge is 0.494 e. The van der Waals surface area contributed by atoms with Gasteiger partial charge in [0, 0.05) is 23.5 Å². The van der Waals surface area contributed by atoms with E-state index in [1.54, 1.807) is 0 Å². The molecule has 1 saturated heterocycles. The van der Waals surface area contributed by atoms with Crippen LogP contribution in [0.25, 0.3) is 33.6 Å². The summed E-state index contributed by atoms with van der Waals surface area (Å²) in [4.78, 5) is 10.3. The van der Waals surface area contributed by atoms with Crippen LogP contribution in [-0.4, -0.2) is 36.4 Å². The van der Waals surface area contributed by atoms with E-state index in [0.29, 0.717) is 0 Å². The van der Waals surface area contributed by atoms with Crippen molar-refractivity contribution >= 4 is 41.4 Å². The molecule has 0 saturated carbocycles. The molecule has 6 aromatic rings. The van der Waals surface area contributed by atoms with E-state index in [1.165, 1.54) is 31.9 Å². The van der Waals surface area contributed by atoms with Gasteiger partial charge in [0.05, 0.1) is 22.6 Å². The SMILES string of the molecule is CC1(C)OB(c2cccc([Si]3(c4ccccc4)c4c(ccnc4-c4ccccc4)-c4ccnc(-c5ccccc5)c43)c2)OC1(C)C. The van der Waals surface area contributed by atoms with E-state index in [1.807, 2.05) is 12.4 Å². The minimum absolute atomic E-state index is 0.441. The van der Waals surface area contributed by atoms with Crippen molar-refractivity contribution in [3.63, 3.8) is 0 Å². The molecular weight excluding hydrogens is 579 g/mol. The molecule has 224 valence electrons. The Labute approximate surface area is 272 Å². The maximum Gasteiger partial charge on any atom is 0.494 e. The van der Waals surface area contributed by atoms with Gasteiger partial charge in [0.25, 0.3) is 0 Å². The van der Waals surface area contributed by atoms with Crippen molar-refractivity contribution in [2.45, 2.75) is 38.9 Å². The van der Waals surface area contributed by atoms with Crippen LogP contribution < -0.4 is 26.2 Å². The lowest BCUT2D eigenvalue weighted by molar-refractivity contribution is 0.00578. The van der Waals surface area contributed by atoms with Crippen LogP contribution in [-0.2, 0) is 9.31 Å². The van der Waals surface area contributed by atoms with Crippen LogP contribution in [0.1, 0.15) is 27.7 Å². The molecule has 2 aliphatic heterocycles. The van der Waals surface area contributed by atoms with E-state index in [9.17, 15) is 0 Å². The van der Waals surface area contributed by atoms with Gasteiger partial charge in [0.1, 0.15) is 0 Å². The van der Waals surface area contributed by atoms with Gasteiger partial charge in [0.2, 0.25) is 0 Å². The van der Waals surface area contributed by atoms with E-state index in [4.69, 9.17) is 19.3 Å². The number of aromatic nitrogens is 2. The number of rotatable bonds is 5. The maximum absolute atomic E-state index is 6.60. The summed E-state index contributed by atoms with van der Waals surface area (Å²) in [6, 6.07) is 45.6. The quantitative estimate of drug-likeness (QED) is 0.242. The summed E-state index contributed by atoms with van der Waals surface area (Å²) in [5.41, 5.74) is 6.83. The average Bonchev–Trinajstić information content (AvgIpc) is 3.52. The van der Waals surface area contributed by atoms with Crippen molar-refractivity contribution in [1.82, 2.24) is 9.97 Å². The number of pyridine rings is 2. The lowest BCUT2D eigenvalue weighted by atomic mass is 9.79. The number of hydrogen-bond donors (Lipinski definition) is 0. The van der Waals surface area contributed by atoms with Crippen molar-refractivity contribution in [3.05, 3.63) is 140 Å². The summed E-state index contributed by atoms with van der Waals surface area (Å²) >= 11 is 0. The summed E-state index contributed by atoms with van der Waals surface area (Å²) in [7, 11) is -3.55. The van der Waals surface area contributed by atoms with Crippen molar-refractivity contribution in [2.75, 3.05) is 0 Å². The predicted octanol–water partition coefficient (Wildman–Crippen LogP) is 5.47. The molecule has 0 N–H and O–H groups in total. The molecule has 0 atom stereocenters. The third-order valence-electron chi connectivity index (χ3n) is 10.1.